The van der Waals surface area contributed by atoms with Gasteiger partial charge in [-0.05, 0) is 18.2 Å². The highest BCUT2D eigenvalue weighted by molar-refractivity contribution is 9.10. The molecular formula is C11H9BrN4S. The van der Waals surface area contributed by atoms with Gasteiger partial charge >= 0.3 is 0 Å². The minimum absolute atomic E-state index is 0.248. The molecule has 0 spiro atoms. The molecule has 0 atom stereocenters. The van der Waals surface area contributed by atoms with Gasteiger partial charge in [0.1, 0.15) is 5.82 Å². The van der Waals surface area contributed by atoms with Gasteiger partial charge in [0.25, 0.3) is 0 Å². The Morgan fingerprint density at radius 1 is 1.47 bits per heavy atom. The number of benzene rings is 1. The summed E-state index contributed by atoms with van der Waals surface area (Å²) in [6.07, 6.45) is 0.248. The lowest BCUT2D eigenvalue weighted by molar-refractivity contribution is 0.986. The molecule has 2 rings (SSSR count). The molecule has 2 aromatic rings. The summed E-state index contributed by atoms with van der Waals surface area (Å²) in [5, 5.41) is 15.3. The van der Waals surface area contributed by atoms with E-state index in [4.69, 9.17) is 5.26 Å². The SMILES string of the molecule is N#CCc1n[nH]c(CSc2cccc(Br)c2)n1. The van der Waals surface area contributed by atoms with Gasteiger partial charge in [-0.25, -0.2) is 4.98 Å². The van der Waals surface area contributed by atoms with Crippen molar-refractivity contribution >= 4 is 27.7 Å². The zero-order valence-electron chi connectivity index (χ0n) is 8.85. The predicted molar refractivity (Wildman–Crippen MR) is 69.4 cm³/mol. The van der Waals surface area contributed by atoms with Crippen molar-refractivity contribution in [3.8, 4) is 6.07 Å². The molecule has 0 aliphatic carbocycles. The van der Waals surface area contributed by atoms with E-state index in [2.05, 4.69) is 37.2 Å². The normalized spacial score (nSPS) is 10.1. The third-order valence-corrected chi connectivity index (χ3v) is 3.49. The highest BCUT2D eigenvalue weighted by atomic mass is 79.9. The number of nitriles is 1. The lowest BCUT2D eigenvalue weighted by atomic mass is 10.4. The Bertz CT molecular complexity index is 546. The second kappa shape index (κ2) is 5.84. The van der Waals surface area contributed by atoms with Crippen LogP contribution < -0.4 is 0 Å². The summed E-state index contributed by atoms with van der Waals surface area (Å²) in [7, 11) is 0. The van der Waals surface area contributed by atoms with E-state index in [0.29, 0.717) is 5.82 Å². The lowest BCUT2D eigenvalue weighted by Crippen LogP contribution is -1.85. The Balaban J connectivity index is 1.95. The van der Waals surface area contributed by atoms with Crippen LogP contribution in [-0.4, -0.2) is 15.2 Å². The first-order chi connectivity index (χ1) is 8.28. The number of H-pyrrole nitrogens is 1. The van der Waals surface area contributed by atoms with Crippen molar-refractivity contribution < 1.29 is 0 Å². The van der Waals surface area contributed by atoms with E-state index < -0.39 is 0 Å². The quantitative estimate of drug-likeness (QED) is 0.882. The third-order valence-electron chi connectivity index (χ3n) is 1.99. The molecule has 0 unspecified atom stereocenters. The van der Waals surface area contributed by atoms with Crippen LogP contribution in [0.4, 0.5) is 0 Å². The monoisotopic (exact) mass is 308 g/mol. The van der Waals surface area contributed by atoms with E-state index in [1.807, 2.05) is 24.3 Å². The fraction of sp³-hybridized carbons (Fsp3) is 0.182. The summed E-state index contributed by atoms with van der Waals surface area (Å²) < 4.78 is 1.06. The molecule has 86 valence electrons. The number of thioether (sulfide) groups is 1. The molecule has 0 fully saturated rings. The van der Waals surface area contributed by atoms with E-state index in [-0.39, 0.29) is 6.42 Å². The van der Waals surface area contributed by atoms with E-state index >= 15 is 0 Å². The Morgan fingerprint density at radius 2 is 2.35 bits per heavy atom. The zero-order valence-corrected chi connectivity index (χ0v) is 11.3. The average Bonchev–Trinajstić information content (AvgIpc) is 2.75. The average molecular weight is 309 g/mol. The summed E-state index contributed by atoms with van der Waals surface area (Å²) in [5.41, 5.74) is 0. The number of hydrogen-bond acceptors (Lipinski definition) is 4. The highest BCUT2D eigenvalue weighted by Gasteiger charge is 2.03. The predicted octanol–water partition coefficient (Wildman–Crippen LogP) is 2.93. The van der Waals surface area contributed by atoms with Crippen LogP contribution >= 0.6 is 27.7 Å². The summed E-state index contributed by atoms with van der Waals surface area (Å²) in [6.45, 7) is 0. The molecule has 0 aliphatic rings. The van der Waals surface area contributed by atoms with Gasteiger partial charge in [0.2, 0.25) is 0 Å². The maximum atomic E-state index is 8.51. The minimum Gasteiger partial charge on any atom is -0.262 e. The summed E-state index contributed by atoms with van der Waals surface area (Å²) >= 11 is 5.10. The van der Waals surface area contributed by atoms with E-state index in [1.165, 1.54) is 0 Å². The molecule has 1 heterocycles. The van der Waals surface area contributed by atoms with Crippen molar-refractivity contribution in [1.82, 2.24) is 15.2 Å². The summed E-state index contributed by atoms with van der Waals surface area (Å²) in [6, 6.07) is 10.1. The van der Waals surface area contributed by atoms with E-state index in [1.54, 1.807) is 11.8 Å². The third kappa shape index (κ3) is 3.58. The first kappa shape index (κ1) is 12.1. The van der Waals surface area contributed by atoms with Crippen molar-refractivity contribution in [2.45, 2.75) is 17.1 Å². The summed E-state index contributed by atoms with van der Waals surface area (Å²) in [5.74, 6) is 2.06. The number of nitrogens with one attached hydrogen (secondary N) is 1. The molecule has 0 amide bonds. The standard InChI is InChI=1S/C11H9BrN4S/c12-8-2-1-3-9(6-8)17-7-11-14-10(4-5-13)15-16-11/h1-3,6H,4,7H2,(H,14,15,16). The number of halogens is 1. The van der Waals surface area contributed by atoms with E-state index in [9.17, 15) is 0 Å². The van der Waals surface area contributed by atoms with Gasteiger partial charge in [0, 0.05) is 9.37 Å². The van der Waals surface area contributed by atoms with Crippen LogP contribution in [0.1, 0.15) is 11.6 Å². The van der Waals surface area contributed by atoms with Crippen LogP contribution in [0.3, 0.4) is 0 Å². The molecule has 1 N–H and O–H groups in total. The number of aromatic nitrogens is 3. The zero-order chi connectivity index (χ0) is 12.1. The van der Waals surface area contributed by atoms with Crippen molar-refractivity contribution in [3.05, 3.63) is 40.4 Å². The number of nitrogens with zero attached hydrogens (tertiary/aromatic N) is 3. The molecule has 0 radical (unpaired) electrons. The van der Waals surface area contributed by atoms with Gasteiger partial charge in [-0.2, -0.15) is 10.4 Å². The van der Waals surface area contributed by atoms with Gasteiger partial charge < -0.3 is 0 Å². The molecule has 4 nitrogen and oxygen atoms in total. The molecule has 6 heteroatoms. The molecule has 0 aliphatic heterocycles. The largest absolute Gasteiger partial charge is 0.262 e. The van der Waals surface area contributed by atoms with Crippen molar-refractivity contribution in [3.63, 3.8) is 0 Å². The fourth-order valence-electron chi connectivity index (χ4n) is 1.26. The van der Waals surface area contributed by atoms with Crippen LogP contribution in [0, 0.1) is 11.3 Å². The van der Waals surface area contributed by atoms with Crippen LogP contribution in [0.15, 0.2) is 33.6 Å². The number of rotatable bonds is 4. The van der Waals surface area contributed by atoms with Crippen LogP contribution in [0.25, 0.3) is 0 Å². The maximum absolute atomic E-state index is 8.51. The summed E-state index contributed by atoms with van der Waals surface area (Å²) in [4.78, 5) is 5.38. The van der Waals surface area contributed by atoms with E-state index in [0.717, 1.165) is 20.9 Å². The molecule has 17 heavy (non-hydrogen) atoms. The molecular weight excluding hydrogens is 300 g/mol. The Kier molecular flexibility index (Phi) is 4.18. The molecule has 1 aromatic carbocycles. The van der Waals surface area contributed by atoms with Gasteiger partial charge in [-0.1, -0.05) is 22.0 Å². The topological polar surface area (TPSA) is 65.4 Å². The second-order valence-corrected chi connectivity index (χ2v) is 5.24. The second-order valence-electron chi connectivity index (χ2n) is 3.28. The molecule has 0 bridgehead atoms. The van der Waals surface area contributed by atoms with Crippen molar-refractivity contribution in [2.24, 2.45) is 0 Å². The van der Waals surface area contributed by atoms with Gasteiger partial charge in [0.15, 0.2) is 5.82 Å². The highest BCUT2D eigenvalue weighted by Crippen LogP contribution is 2.24. The first-order valence-electron chi connectivity index (χ1n) is 4.93. The van der Waals surface area contributed by atoms with Crippen LogP contribution in [-0.2, 0) is 12.2 Å². The van der Waals surface area contributed by atoms with Crippen LogP contribution in [0.5, 0.6) is 0 Å². The van der Waals surface area contributed by atoms with Crippen molar-refractivity contribution in [2.75, 3.05) is 0 Å². The van der Waals surface area contributed by atoms with Crippen LogP contribution in [0.2, 0.25) is 0 Å². The Labute approximate surface area is 112 Å². The smallest absolute Gasteiger partial charge is 0.164 e. The molecule has 0 saturated heterocycles. The fourth-order valence-corrected chi connectivity index (χ4v) is 2.63. The number of hydrogen-bond donors (Lipinski definition) is 1. The maximum Gasteiger partial charge on any atom is 0.164 e. The van der Waals surface area contributed by atoms with Crippen molar-refractivity contribution in [1.29, 1.82) is 5.26 Å². The lowest BCUT2D eigenvalue weighted by Gasteiger charge is -1.99. The van der Waals surface area contributed by atoms with Gasteiger partial charge in [0.05, 0.1) is 18.2 Å². The Hall–Kier alpha value is -1.32. The Morgan fingerprint density at radius 3 is 3.12 bits per heavy atom. The molecule has 1 aromatic heterocycles. The van der Waals surface area contributed by atoms with Gasteiger partial charge in [-0.15, -0.1) is 11.8 Å². The van der Waals surface area contributed by atoms with Gasteiger partial charge in [-0.3, -0.25) is 5.10 Å². The number of aromatic amines is 1. The first-order valence-corrected chi connectivity index (χ1v) is 6.71. The molecule has 0 saturated carbocycles. The minimum atomic E-state index is 0.248.